The van der Waals surface area contributed by atoms with E-state index in [-0.39, 0.29) is 0 Å². The van der Waals surface area contributed by atoms with Crippen LogP contribution in [0.3, 0.4) is 0 Å². The molecule has 2 aromatic carbocycles. The van der Waals surface area contributed by atoms with Crippen LogP contribution in [0.4, 0.5) is 0 Å². The van der Waals surface area contributed by atoms with Crippen molar-refractivity contribution in [2.45, 2.75) is 57.2 Å². The van der Waals surface area contributed by atoms with E-state index in [1.165, 1.54) is 0 Å². The molecule has 7 nitrogen and oxygen atoms in total. The molecule has 0 aliphatic carbocycles. The molecule has 0 amide bonds. The number of fused-ring (bicyclic) bond motifs is 1. The van der Waals surface area contributed by atoms with Crippen LogP contribution in [0.1, 0.15) is 40.8 Å². The van der Waals surface area contributed by atoms with Crippen molar-refractivity contribution in [1.82, 2.24) is 0 Å². The van der Waals surface area contributed by atoms with Gasteiger partial charge in [0.25, 0.3) is 0 Å². The van der Waals surface area contributed by atoms with Gasteiger partial charge in [-0.25, -0.2) is 0 Å². The Morgan fingerprint density at radius 2 is 1.81 bits per heavy atom. The zero-order valence-electron chi connectivity index (χ0n) is 17.8. The Kier molecular flexibility index (Phi) is 6.50. The minimum atomic E-state index is -1.41. The highest BCUT2D eigenvalue weighted by Gasteiger charge is 2.45. The van der Waals surface area contributed by atoms with E-state index in [2.05, 4.69) is 0 Å². The van der Waals surface area contributed by atoms with Crippen molar-refractivity contribution in [2.24, 2.45) is 0 Å². The lowest BCUT2D eigenvalue weighted by Gasteiger charge is -2.41. The van der Waals surface area contributed by atoms with Crippen molar-refractivity contribution < 1.29 is 34.6 Å². The van der Waals surface area contributed by atoms with E-state index in [1.54, 1.807) is 0 Å². The zero-order valence-corrected chi connectivity index (χ0v) is 17.8. The molecular formula is C24H30O7. The molecule has 1 fully saturated rings. The van der Waals surface area contributed by atoms with Gasteiger partial charge in [0, 0.05) is 12.0 Å². The standard InChI is InChI=1S/C24H30O7/c1-3-29-16-6-4-14(5-7-16)10-15-11-18(17-8-9-30-23(17)13(15)2)24-22(28)21(27)20(26)19(12-25)31-24/h4-7,11,19-22,24-28H,3,8-10,12H2,1-2H3. The number of benzene rings is 2. The fourth-order valence-corrected chi connectivity index (χ4v) is 4.48. The average Bonchev–Trinajstić information content (AvgIpc) is 3.27. The number of aliphatic hydroxyl groups excluding tert-OH is 4. The molecule has 2 heterocycles. The molecule has 1 saturated heterocycles. The first kappa shape index (κ1) is 22.0. The third-order valence-corrected chi connectivity index (χ3v) is 6.20. The van der Waals surface area contributed by atoms with Gasteiger partial charge >= 0.3 is 0 Å². The molecular weight excluding hydrogens is 400 g/mol. The Labute approximate surface area is 181 Å². The van der Waals surface area contributed by atoms with Crippen LogP contribution in [0.5, 0.6) is 11.5 Å². The van der Waals surface area contributed by atoms with Crippen LogP contribution >= 0.6 is 0 Å². The highest BCUT2D eigenvalue weighted by molar-refractivity contribution is 5.54. The monoisotopic (exact) mass is 430 g/mol. The van der Waals surface area contributed by atoms with Gasteiger partial charge in [-0.1, -0.05) is 18.2 Å². The molecule has 0 radical (unpaired) electrons. The highest BCUT2D eigenvalue weighted by Crippen LogP contribution is 2.42. The zero-order chi connectivity index (χ0) is 22.1. The molecule has 0 saturated carbocycles. The van der Waals surface area contributed by atoms with Gasteiger partial charge in [0.2, 0.25) is 0 Å². The molecule has 0 aromatic heterocycles. The second-order valence-corrected chi connectivity index (χ2v) is 8.16. The second-order valence-electron chi connectivity index (χ2n) is 8.16. The number of rotatable bonds is 6. The number of aliphatic hydroxyl groups is 4. The first-order chi connectivity index (χ1) is 14.9. The second kappa shape index (κ2) is 9.14. The summed E-state index contributed by atoms with van der Waals surface area (Å²) in [5.74, 6) is 1.61. The van der Waals surface area contributed by atoms with Crippen molar-refractivity contribution in [2.75, 3.05) is 19.8 Å². The van der Waals surface area contributed by atoms with Crippen molar-refractivity contribution in [3.8, 4) is 11.5 Å². The maximum atomic E-state index is 10.7. The highest BCUT2D eigenvalue weighted by atomic mass is 16.5. The van der Waals surface area contributed by atoms with Crippen molar-refractivity contribution >= 4 is 0 Å². The first-order valence-electron chi connectivity index (χ1n) is 10.7. The van der Waals surface area contributed by atoms with Crippen LogP contribution in [0, 0.1) is 6.92 Å². The van der Waals surface area contributed by atoms with Gasteiger partial charge in [-0.2, -0.15) is 0 Å². The molecule has 2 aromatic rings. The van der Waals surface area contributed by atoms with Crippen molar-refractivity contribution in [3.63, 3.8) is 0 Å². The number of hydrogen-bond donors (Lipinski definition) is 4. The fourth-order valence-electron chi connectivity index (χ4n) is 4.48. The van der Waals surface area contributed by atoms with Crippen LogP contribution in [-0.4, -0.2) is 64.7 Å². The van der Waals surface area contributed by atoms with Crippen LogP contribution in [0.25, 0.3) is 0 Å². The van der Waals surface area contributed by atoms with E-state index in [0.717, 1.165) is 39.3 Å². The Morgan fingerprint density at radius 1 is 1.06 bits per heavy atom. The smallest absolute Gasteiger partial charge is 0.126 e. The number of ether oxygens (including phenoxy) is 3. The quantitative estimate of drug-likeness (QED) is 0.549. The maximum Gasteiger partial charge on any atom is 0.126 e. The molecule has 31 heavy (non-hydrogen) atoms. The molecule has 7 heteroatoms. The van der Waals surface area contributed by atoms with E-state index >= 15 is 0 Å². The number of hydrogen-bond acceptors (Lipinski definition) is 7. The van der Waals surface area contributed by atoms with Gasteiger partial charge in [0.05, 0.1) is 19.8 Å². The molecule has 0 bridgehead atoms. The average molecular weight is 430 g/mol. The summed E-state index contributed by atoms with van der Waals surface area (Å²) in [5, 5.41) is 40.6. The Morgan fingerprint density at radius 3 is 2.48 bits per heavy atom. The topological polar surface area (TPSA) is 109 Å². The summed E-state index contributed by atoms with van der Waals surface area (Å²) in [6, 6.07) is 9.91. The summed E-state index contributed by atoms with van der Waals surface area (Å²) in [5.41, 5.74) is 4.84. The third kappa shape index (κ3) is 4.16. The van der Waals surface area contributed by atoms with Gasteiger partial charge in [0.15, 0.2) is 0 Å². The Bertz CT molecular complexity index is 909. The van der Waals surface area contributed by atoms with E-state index < -0.39 is 37.1 Å². The van der Waals surface area contributed by atoms with Crippen LogP contribution in [-0.2, 0) is 17.6 Å². The molecule has 4 rings (SSSR count). The molecule has 2 aliphatic heterocycles. The van der Waals surface area contributed by atoms with Crippen molar-refractivity contribution in [3.05, 3.63) is 58.1 Å². The van der Waals surface area contributed by atoms with E-state index in [9.17, 15) is 20.4 Å². The predicted octanol–water partition coefficient (Wildman–Crippen LogP) is 1.43. The first-order valence-corrected chi connectivity index (χ1v) is 10.7. The molecule has 5 atom stereocenters. The van der Waals surface area contributed by atoms with Gasteiger partial charge in [-0.3, -0.25) is 0 Å². The summed E-state index contributed by atoms with van der Waals surface area (Å²) < 4.78 is 17.3. The van der Waals surface area contributed by atoms with E-state index in [4.69, 9.17) is 14.2 Å². The minimum absolute atomic E-state index is 0.453. The molecule has 5 unspecified atom stereocenters. The lowest BCUT2D eigenvalue weighted by Crippen LogP contribution is -2.55. The Hall–Kier alpha value is -2.16. The third-order valence-electron chi connectivity index (χ3n) is 6.20. The van der Waals surface area contributed by atoms with Gasteiger partial charge < -0.3 is 34.6 Å². The summed E-state index contributed by atoms with van der Waals surface area (Å²) in [7, 11) is 0. The SMILES string of the molecule is CCOc1ccc(Cc2cc(C3OC(CO)C(O)C(O)C3O)c3c(c2C)OCC3)cc1. The van der Waals surface area contributed by atoms with Gasteiger partial charge in [-0.05, 0) is 54.7 Å². The van der Waals surface area contributed by atoms with E-state index in [0.29, 0.717) is 26.1 Å². The predicted molar refractivity (Wildman–Crippen MR) is 114 cm³/mol. The van der Waals surface area contributed by atoms with Crippen molar-refractivity contribution in [1.29, 1.82) is 0 Å². The lowest BCUT2D eigenvalue weighted by molar-refractivity contribution is -0.231. The Balaban J connectivity index is 1.70. The normalized spacial score (nSPS) is 27.6. The summed E-state index contributed by atoms with van der Waals surface area (Å²) >= 11 is 0. The van der Waals surface area contributed by atoms with Crippen LogP contribution in [0.15, 0.2) is 30.3 Å². The van der Waals surface area contributed by atoms with Gasteiger partial charge in [0.1, 0.15) is 42.0 Å². The summed E-state index contributed by atoms with van der Waals surface area (Å²) in [6.07, 6.45) is -4.60. The lowest BCUT2D eigenvalue weighted by atomic mass is 9.85. The molecule has 4 N–H and O–H groups in total. The summed E-state index contributed by atoms with van der Waals surface area (Å²) in [4.78, 5) is 0. The van der Waals surface area contributed by atoms with Crippen LogP contribution in [0.2, 0.25) is 0 Å². The fraction of sp³-hybridized carbons (Fsp3) is 0.500. The molecule has 168 valence electrons. The van der Waals surface area contributed by atoms with E-state index in [1.807, 2.05) is 44.2 Å². The maximum absolute atomic E-state index is 10.7. The minimum Gasteiger partial charge on any atom is -0.494 e. The summed E-state index contributed by atoms with van der Waals surface area (Å²) in [6.45, 7) is 4.66. The molecule has 0 spiro atoms. The van der Waals surface area contributed by atoms with Crippen LogP contribution < -0.4 is 9.47 Å². The molecule has 2 aliphatic rings. The van der Waals surface area contributed by atoms with Gasteiger partial charge in [-0.15, -0.1) is 0 Å². The largest absolute Gasteiger partial charge is 0.494 e.